The summed E-state index contributed by atoms with van der Waals surface area (Å²) in [6.07, 6.45) is 4.01. The Morgan fingerprint density at radius 3 is 2.65 bits per heavy atom. The van der Waals surface area contributed by atoms with Gasteiger partial charge in [0.05, 0.1) is 18.2 Å². The van der Waals surface area contributed by atoms with E-state index in [1.165, 1.54) is 0 Å². The highest BCUT2D eigenvalue weighted by Crippen LogP contribution is 2.23. The average Bonchev–Trinajstić information content (AvgIpc) is 3.23. The number of pyridine rings is 1. The number of aliphatic hydroxyl groups excluding tert-OH is 1. The number of hydrogen-bond acceptors (Lipinski definition) is 6. The Hall–Kier alpha value is -3.13. The van der Waals surface area contributed by atoms with Crippen LogP contribution in [-0.2, 0) is 6.54 Å². The molecular formula is C18H20N6O2. The molecule has 2 aromatic heterocycles. The smallest absolute Gasteiger partial charge is 0.255 e. The minimum absolute atomic E-state index is 0.113. The number of aromatic amines is 1. The number of benzene rings is 1. The summed E-state index contributed by atoms with van der Waals surface area (Å²) < 4.78 is 0. The van der Waals surface area contributed by atoms with Gasteiger partial charge in [-0.2, -0.15) is 5.21 Å². The highest BCUT2D eigenvalue weighted by Gasteiger charge is 2.26. The van der Waals surface area contributed by atoms with Gasteiger partial charge < -0.3 is 10.0 Å². The van der Waals surface area contributed by atoms with Gasteiger partial charge in [0.25, 0.3) is 5.91 Å². The second-order valence-corrected chi connectivity index (χ2v) is 5.81. The lowest BCUT2D eigenvalue weighted by molar-refractivity contribution is 0.0564. The van der Waals surface area contributed by atoms with Crippen LogP contribution in [0.5, 0.6) is 0 Å². The molecule has 0 saturated carbocycles. The maximum Gasteiger partial charge on any atom is 0.255 e. The van der Waals surface area contributed by atoms with E-state index in [1.807, 2.05) is 25.1 Å². The fourth-order valence-corrected chi connectivity index (χ4v) is 2.79. The molecule has 0 aliphatic heterocycles. The number of nitrogens with one attached hydrogen (secondary N) is 1. The first-order valence-corrected chi connectivity index (χ1v) is 8.38. The summed E-state index contributed by atoms with van der Waals surface area (Å²) in [6, 6.07) is 10.5. The van der Waals surface area contributed by atoms with Gasteiger partial charge in [-0.1, -0.05) is 25.1 Å². The number of rotatable bonds is 7. The van der Waals surface area contributed by atoms with Crippen LogP contribution >= 0.6 is 0 Å². The van der Waals surface area contributed by atoms with E-state index in [-0.39, 0.29) is 18.6 Å². The van der Waals surface area contributed by atoms with E-state index < -0.39 is 0 Å². The highest BCUT2D eigenvalue weighted by atomic mass is 16.3. The third-order valence-corrected chi connectivity index (χ3v) is 4.23. The Bertz CT molecular complexity index is 834. The van der Waals surface area contributed by atoms with Crippen LogP contribution in [0.15, 0.2) is 48.8 Å². The van der Waals surface area contributed by atoms with Crippen molar-refractivity contribution < 1.29 is 9.90 Å². The van der Waals surface area contributed by atoms with Gasteiger partial charge in [0.1, 0.15) is 0 Å². The van der Waals surface area contributed by atoms with Crippen molar-refractivity contribution in [2.75, 3.05) is 6.61 Å². The molecule has 1 atom stereocenters. The molecule has 8 nitrogen and oxygen atoms in total. The lowest BCUT2D eigenvalue weighted by Gasteiger charge is -2.30. The lowest BCUT2D eigenvalue weighted by Crippen LogP contribution is -2.41. The number of aliphatic hydroxyl groups is 1. The van der Waals surface area contributed by atoms with Crippen LogP contribution in [0.3, 0.4) is 0 Å². The van der Waals surface area contributed by atoms with Gasteiger partial charge in [-0.05, 0) is 35.4 Å². The van der Waals surface area contributed by atoms with Crippen LogP contribution in [0, 0.1) is 0 Å². The number of hydrogen-bond donors (Lipinski definition) is 2. The van der Waals surface area contributed by atoms with Crippen LogP contribution < -0.4 is 0 Å². The van der Waals surface area contributed by atoms with Gasteiger partial charge in [0.15, 0.2) is 0 Å². The van der Waals surface area contributed by atoms with Crippen molar-refractivity contribution in [1.29, 1.82) is 0 Å². The normalized spacial score (nSPS) is 11.9. The summed E-state index contributed by atoms with van der Waals surface area (Å²) in [6.45, 7) is 2.21. The van der Waals surface area contributed by atoms with E-state index in [2.05, 4.69) is 25.6 Å². The number of carbonyl (C=O) groups excluding carboxylic acids is 1. The van der Waals surface area contributed by atoms with Gasteiger partial charge in [-0.3, -0.25) is 9.78 Å². The summed E-state index contributed by atoms with van der Waals surface area (Å²) in [5.74, 6) is 0.165. The zero-order valence-corrected chi connectivity index (χ0v) is 14.4. The Kier molecular flexibility index (Phi) is 5.65. The summed E-state index contributed by atoms with van der Waals surface area (Å²) in [7, 11) is 0. The Morgan fingerprint density at radius 1 is 1.23 bits per heavy atom. The molecule has 0 saturated heterocycles. The first kappa shape index (κ1) is 17.7. The molecular weight excluding hydrogens is 332 g/mol. The summed E-state index contributed by atoms with van der Waals surface area (Å²) in [5, 5.41) is 23.7. The fraction of sp³-hybridized carbons (Fsp3) is 0.278. The third-order valence-electron chi connectivity index (χ3n) is 4.23. The molecule has 0 aliphatic carbocycles. The van der Waals surface area contributed by atoms with Gasteiger partial charge in [0, 0.05) is 24.5 Å². The quantitative estimate of drug-likeness (QED) is 0.670. The van der Waals surface area contributed by atoms with Crippen molar-refractivity contribution in [1.82, 2.24) is 30.5 Å². The summed E-state index contributed by atoms with van der Waals surface area (Å²) in [4.78, 5) is 19.0. The minimum atomic E-state index is -0.297. The predicted octanol–water partition coefficient (Wildman–Crippen LogP) is 1.67. The maximum atomic E-state index is 13.3. The predicted molar refractivity (Wildman–Crippen MR) is 94.9 cm³/mol. The van der Waals surface area contributed by atoms with E-state index in [0.717, 1.165) is 5.56 Å². The van der Waals surface area contributed by atoms with Crippen molar-refractivity contribution in [2.24, 2.45) is 0 Å². The number of nitrogens with zero attached hydrogens (tertiary/aromatic N) is 5. The maximum absolute atomic E-state index is 13.3. The monoisotopic (exact) mass is 352 g/mol. The Labute approximate surface area is 150 Å². The zero-order chi connectivity index (χ0) is 18.4. The van der Waals surface area contributed by atoms with Crippen molar-refractivity contribution in [3.8, 4) is 11.4 Å². The van der Waals surface area contributed by atoms with Gasteiger partial charge >= 0.3 is 0 Å². The van der Waals surface area contributed by atoms with Crippen molar-refractivity contribution in [3.63, 3.8) is 0 Å². The highest BCUT2D eigenvalue weighted by molar-refractivity contribution is 6.00. The number of H-pyrrole nitrogens is 1. The molecule has 0 fully saturated rings. The Balaban J connectivity index is 1.98. The second kappa shape index (κ2) is 8.30. The average molecular weight is 352 g/mol. The molecule has 26 heavy (non-hydrogen) atoms. The number of amides is 1. The standard InChI is InChI=1S/C18H20N6O2/c1-2-14(12-25)24(11-13-7-9-19-10-8-13)18(26)16-6-4-3-5-15(16)17-20-22-23-21-17/h3-10,14,25H,2,11-12H2,1H3,(H,20,21,22,23)/t14-/m1/s1. The lowest BCUT2D eigenvalue weighted by atomic mass is 10.0. The van der Waals surface area contributed by atoms with Gasteiger partial charge in [-0.25, -0.2) is 0 Å². The third kappa shape index (κ3) is 3.75. The summed E-state index contributed by atoms with van der Waals surface area (Å²) in [5.41, 5.74) is 2.01. The minimum Gasteiger partial charge on any atom is -0.394 e. The van der Waals surface area contributed by atoms with Crippen molar-refractivity contribution in [2.45, 2.75) is 25.9 Å². The Morgan fingerprint density at radius 2 is 2.00 bits per heavy atom. The first-order chi connectivity index (χ1) is 12.7. The molecule has 0 bridgehead atoms. The molecule has 1 aromatic carbocycles. The van der Waals surface area contributed by atoms with Gasteiger partial charge in [0.2, 0.25) is 5.82 Å². The van der Waals surface area contributed by atoms with E-state index in [1.54, 1.807) is 35.5 Å². The molecule has 1 amide bonds. The fourth-order valence-electron chi connectivity index (χ4n) is 2.79. The molecule has 0 aliphatic rings. The number of carbonyl (C=O) groups is 1. The van der Waals surface area contributed by atoms with E-state index in [9.17, 15) is 9.90 Å². The number of tetrazole rings is 1. The largest absolute Gasteiger partial charge is 0.394 e. The van der Waals surface area contributed by atoms with E-state index >= 15 is 0 Å². The second-order valence-electron chi connectivity index (χ2n) is 5.81. The molecule has 134 valence electrons. The molecule has 3 rings (SSSR count). The molecule has 2 heterocycles. The molecule has 0 spiro atoms. The van der Waals surface area contributed by atoms with Crippen molar-refractivity contribution in [3.05, 3.63) is 59.9 Å². The molecule has 3 aromatic rings. The van der Waals surface area contributed by atoms with E-state index in [0.29, 0.717) is 29.9 Å². The molecule has 8 heteroatoms. The molecule has 0 unspecified atom stereocenters. The summed E-state index contributed by atoms with van der Waals surface area (Å²) >= 11 is 0. The molecule has 0 radical (unpaired) electrons. The van der Waals surface area contributed by atoms with Crippen LogP contribution in [0.2, 0.25) is 0 Å². The molecule has 2 N–H and O–H groups in total. The van der Waals surface area contributed by atoms with Crippen LogP contribution in [-0.4, -0.2) is 54.2 Å². The van der Waals surface area contributed by atoms with Crippen LogP contribution in [0.1, 0.15) is 29.3 Å². The van der Waals surface area contributed by atoms with Crippen molar-refractivity contribution >= 4 is 5.91 Å². The van der Waals surface area contributed by atoms with Crippen LogP contribution in [0.25, 0.3) is 11.4 Å². The number of aromatic nitrogens is 5. The SMILES string of the molecule is CC[C@H](CO)N(Cc1ccncc1)C(=O)c1ccccc1-c1nn[nH]n1. The van der Waals surface area contributed by atoms with Gasteiger partial charge in [-0.15, -0.1) is 10.2 Å². The zero-order valence-electron chi connectivity index (χ0n) is 14.4. The first-order valence-electron chi connectivity index (χ1n) is 8.38. The van der Waals surface area contributed by atoms with E-state index in [4.69, 9.17) is 0 Å². The van der Waals surface area contributed by atoms with Crippen LogP contribution in [0.4, 0.5) is 0 Å². The topological polar surface area (TPSA) is 108 Å².